The lowest BCUT2D eigenvalue weighted by Crippen LogP contribution is -2.36. The highest BCUT2D eigenvalue weighted by atomic mass is 16.5. The van der Waals surface area contributed by atoms with E-state index >= 15 is 0 Å². The molecule has 19 heavy (non-hydrogen) atoms. The molecule has 0 aromatic heterocycles. The zero-order chi connectivity index (χ0) is 13.8. The van der Waals surface area contributed by atoms with E-state index in [4.69, 9.17) is 9.47 Å². The van der Waals surface area contributed by atoms with E-state index in [1.807, 2.05) is 18.2 Å². The standard InChI is InChI=1S/C15H23NO3/c1-10-6-14(7-11(2)19-10)16-13-4-5-15(18-3)12(8-13)9-17/h4-5,8,10-11,14,16-17H,6-7,9H2,1-3H3. The number of nitrogens with one attached hydrogen (secondary N) is 1. The highest BCUT2D eigenvalue weighted by Gasteiger charge is 2.24. The molecule has 1 saturated heterocycles. The molecular weight excluding hydrogens is 242 g/mol. The molecule has 2 unspecified atom stereocenters. The van der Waals surface area contributed by atoms with Gasteiger partial charge < -0.3 is 19.9 Å². The molecule has 2 rings (SSSR count). The molecule has 0 saturated carbocycles. The van der Waals surface area contributed by atoms with Crippen LogP contribution in [0, 0.1) is 0 Å². The second-order valence-corrected chi connectivity index (χ2v) is 5.25. The number of aliphatic hydroxyl groups is 1. The second-order valence-electron chi connectivity index (χ2n) is 5.25. The van der Waals surface area contributed by atoms with Crippen LogP contribution in [-0.2, 0) is 11.3 Å². The summed E-state index contributed by atoms with van der Waals surface area (Å²) in [5, 5.41) is 12.9. The summed E-state index contributed by atoms with van der Waals surface area (Å²) in [6.07, 6.45) is 2.59. The Hall–Kier alpha value is -1.26. The van der Waals surface area contributed by atoms with Crippen molar-refractivity contribution in [2.24, 2.45) is 0 Å². The number of anilines is 1. The Morgan fingerprint density at radius 2 is 2.00 bits per heavy atom. The van der Waals surface area contributed by atoms with Gasteiger partial charge in [-0.3, -0.25) is 0 Å². The zero-order valence-electron chi connectivity index (χ0n) is 11.8. The van der Waals surface area contributed by atoms with Crippen LogP contribution in [0.3, 0.4) is 0 Å². The fourth-order valence-electron chi connectivity index (χ4n) is 2.75. The fourth-order valence-corrected chi connectivity index (χ4v) is 2.75. The molecule has 1 fully saturated rings. The van der Waals surface area contributed by atoms with E-state index in [1.165, 1.54) is 0 Å². The Kier molecular flexibility index (Phi) is 4.66. The van der Waals surface area contributed by atoms with Crippen LogP contribution in [0.15, 0.2) is 18.2 Å². The normalized spacial score (nSPS) is 27.1. The number of methoxy groups -OCH3 is 1. The van der Waals surface area contributed by atoms with Gasteiger partial charge in [-0.2, -0.15) is 0 Å². The molecule has 2 N–H and O–H groups in total. The van der Waals surface area contributed by atoms with Gasteiger partial charge in [0.05, 0.1) is 25.9 Å². The first-order chi connectivity index (χ1) is 9.12. The minimum Gasteiger partial charge on any atom is -0.496 e. The molecule has 1 aromatic rings. The summed E-state index contributed by atoms with van der Waals surface area (Å²) in [6, 6.07) is 6.24. The lowest BCUT2D eigenvalue weighted by Gasteiger charge is -2.33. The molecule has 106 valence electrons. The predicted octanol–water partition coefficient (Wildman–Crippen LogP) is 2.56. The van der Waals surface area contributed by atoms with Crippen molar-refractivity contribution in [3.8, 4) is 5.75 Å². The minimum absolute atomic E-state index is 0.0146. The summed E-state index contributed by atoms with van der Waals surface area (Å²) in [5.41, 5.74) is 1.83. The molecule has 1 aromatic carbocycles. The molecule has 0 radical (unpaired) electrons. The first-order valence-electron chi connectivity index (χ1n) is 6.82. The van der Waals surface area contributed by atoms with Gasteiger partial charge in [-0.05, 0) is 44.9 Å². The lowest BCUT2D eigenvalue weighted by atomic mass is 9.99. The van der Waals surface area contributed by atoms with E-state index in [0.29, 0.717) is 6.04 Å². The predicted molar refractivity (Wildman–Crippen MR) is 75.6 cm³/mol. The van der Waals surface area contributed by atoms with E-state index in [1.54, 1.807) is 7.11 Å². The van der Waals surface area contributed by atoms with Crippen molar-refractivity contribution >= 4 is 5.69 Å². The maximum Gasteiger partial charge on any atom is 0.124 e. The number of hydrogen-bond donors (Lipinski definition) is 2. The quantitative estimate of drug-likeness (QED) is 0.878. The van der Waals surface area contributed by atoms with E-state index in [9.17, 15) is 5.11 Å². The Morgan fingerprint density at radius 1 is 1.32 bits per heavy atom. The first kappa shape index (κ1) is 14.2. The third kappa shape index (κ3) is 3.61. The van der Waals surface area contributed by atoms with Gasteiger partial charge >= 0.3 is 0 Å². The van der Waals surface area contributed by atoms with Crippen molar-refractivity contribution in [2.45, 2.75) is 51.5 Å². The van der Waals surface area contributed by atoms with Crippen molar-refractivity contribution in [1.82, 2.24) is 0 Å². The molecule has 0 aliphatic carbocycles. The Balaban J connectivity index is 2.06. The van der Waals surface area contributed by atoms with Crippen LogP contribution in [0.5, 0.6) is 5.75 Å². The molecule has 1 aliphatic rings. The van der Waals surface area contributed by atoms with Gasteiger partial charge in [0.1, 0.15) is 5.75 Å². The number of rotatable bonds is 4. The molecule has 1 heterocycles. The summed E-state index contributed by atoms with van der Waals surface area (Å²) < 4.78 is 10.9. The van der Waals surface area contributed by atoms with Crippen LogP contribution < -0.4 is 10.1 Å². The molecule has 1 aliphatic heterocycles. The van der Waals surface area contributed by atoms with Crippen LogP contribution in [0.2, 0.25) is 0 Å². The van der Waals surface area contributed by atoms with E-state index in [2.05, 4.69) is 19.2 Å². The number of ether oxygens (including phenoxy) is 2. The van der Waals surface area contributed by atoms with Gasteiger partial charge in [0.25, 0.3) is 0 Å². The minimum atomic E-state index is -0.0146. The Bertz CT molecular complexity index is 412. The smallest absolute Gasteiger partial charge is 0.124 e. The van der Waals surface area contributed by atoms with Crippen molar-refractivity contribution in [1.29, 1.82) is 0 Å². The topological polar surface area (TPSA) is 50.7 Å². The summed E-state index contributed by atoms with van der Waals surface area (Å²) in [7, 11) is 1.61. The average Bonchev–Trinajstić information content (AvgIpc) is 2.37. The average molecular weight is 265 g/mol. The summed E-state index contributed by atoms with van der Waals surface area (Å²) in [4.78, 5) is 0. The largest absolute Gasteiger partial charge is 0.496 e. The molecule has 0 spiro atoms. The number of aliphatic hydroxyl groups excluding tert-OH is 1. The highest BCUT2D eigenvalue weighted by Crippen LogP contribution is 2.26. The van der Waals surface area contributed by atoms with Gasteiger partial charge in [0.2, 0.25) is 0 Å². The van der Waals surface area contributed by atoms with Gasteiger partial charge in [0.15, 0.2) is 0 Å². The maximum absolute atomic E-state index is 9.34. The summed E-state index contributed by atoms with van der Waals surface area (Å²) in [6.45, 7) is 4.20. The third-order valence-corrected chi connectivity index (χ3v) is 3.52. The molecule has 2 atom stereocenters. The maximum atomic E-state index is 9.34. The van der Waals surface area contributed by atoms with Gasteiger partial charge in [-0.1, -0.05) is 0 Å². The Morgan fingerprint density at radius 3 is 2.58 bits per heavy atom. The second kappa shape index (κ2) is 6.26. The monoisotopic (exact) mass is 265 g/mol. The number of benzene rings is 1. The molecule has 0 bridgehead atoms. The molecule has 4 nitrogen and oxygen atoms in total. The van der Waals surface area contributed by atoms with Crippen molar-refractivity contribution in [2.75, 3.05) is 12.4 Å². The van der Waals surface area contributed by atoms with Crippen LogP contribution >= 0.6 is 0 Å². The van der Waals surface area contributed by atoms with Crippen LogP contribution in [0.4, 0.5) is 5.69 Å². The van der Waals surface area contributed by atoms with E-state index in [-0.39, 0.29) is 18.8 Å². The lowest BCUT2D eigenvalue weighted by molar-refractivity contribution is -0.0337. The van der Waals surface area contributed by atoms with E-state index < -0.39 is 0 Å². The third-order valence-electron chi connectivity index (χ3n) is 3.52. The Labute approximate surface area is 114 Å². The van der Waals surface area contributed by atoms with Crippen molar-refractivity contribution < 1.29 is 14.6 Å². The van der Waals surface area contributed by atoms with Crippen molar-refractivity contribution in [3.63, 3.8) is 0 Å². The van der Waals surface area contributed by atoms with Crippen LogP contribution in [0.1, 0.15) is 32.3 Å². The molecular formula is C15H23NO3. The highest BCUT2D eigenvalue weighted by molar-refractivity contribution is 5.51. The summed E-state index contributed by atoms with van der Waals surface area (Å²) in [5.74, 6) is 0.724. The van der Waals surface area contributed by atoms with Gasteiger partial charge in [-0.25, -0.2) is 0 Å². The SMILES string of the molecule is COc1ccc(NC2CC(C)OC(C)C2)cc1CO. The van der Waals surface area contributed by atoms with Gasteiger partial charge in [-0.15, -0.1) is 0 Å². The van der Waals surface area contributed by atoms with Crippen LogP contribution in [0.25, 0.3) is 0 Å². The molecule has 0 amide bonds. The van der Waals surface area contributed by atoms with Crippen LogP contribution in [-0.4, -0.2) is 30.5 Å². The van der Waals surface area contributed by atoms with Crippen molar-refractivity contribution in [3.05, 3.63) is 23.8 Å². The van der Waals surface area contributed by atoms with E-state index in [0.717, 1.165) is 29.8 Å². The van der Waals surface area contributed by atoms with Gasteiger partial charge in [0, 0.05) is 17.3 Å². The fraction of sp³-hybridized carbons (Fsp3) is 0.600. The first-order valence-corrected chi connectivity index (χ1v) is 6.82. The molecule has 4 heteroatoms. The summed E-state index contributed by atoms with van der Waals surface area (Å²) >= 11 is 0. The number of hydrogen-bond acceptors (Lipinski definition) is 4. The zero-order valence-corrected chi connectivity index (χ0v) is 11.8.